The fourth-order valence-corrected chi connectivity index (χ4v) is 2.68. The van der Waals surface area contributed by atoms with Crippen molar-refractivity contribution >= 4 is 23.2 Å². The molecule has 0 saturated heterocycles. The fraction of sp³-hybridized carbons (Fsp3) is 0.538. The molecule has 1 atom stereocenters. The van der Waals surface area contributed by atoms with E-state index in [1.165, 1.54) is 0 Å². The lowest BCUT2D eigenvalue weighted by Gasteiger charge is -2.25. The zero-order chi connectivity index (χ0) is 12.5. The second kappa shape index (κ2) is 4.65. The van der Waals surface area contributed by atoms with Crippen LogP contribution in [-0.2, 0) is 4.79 Å². The van der Waals surface area contributed by atoms with Gasteiger partial charge < -0.3 is 5.32 Å². The third kappa shape index (κ3) is 2.60. The number of anilines is 1. The van der Waals surface area contributed by atoms with Crippen LogP contribution in [0.5, 0.6) is 0 Å². The van der Waals surface area contributed by atoms with Gasteiger partial charge in [-0.2, -0.15) is 0 Å². The van der Waals surface area contributed by atoms with Gasteiger partial charge in [0.25, 0.3) is 0 Å². The van der Waals surface area contributed by atoms with Crippen molar-refractivity contribution in [2.45, 2.75) is 33.1 Å². The minimum Gasteiger partial charge on any atom is -0.323 e. The Morgan fingerprint density at radius 1 is 1.59 bits per heavy atom. The molecular weight excluding hydrogens is 236 g/mol. The summed E-state index contributed by atoms with van der Waals surface area (Å²) >= 11 is 5.92. The molecule has 3 nitrogen and oxygen atoms in total. The summed E-state index contributed by atoms with van der Waals surface area (Å²) in [5.41, 5.74) is 0.681. The standard InChI is InChI=1S/C13H17ClN2O/c1-13(2)7-3-5-9(13)12(17)16-10-6-4-8-15-11(10)14/h4,6,8-9H,3,5,7H2,1-2H3,(H,16,17). The van der Waals surface area contributed by atoms with Crippen LogP contribution in [0.3, 0.4) is 0 Å². The average molecular weight is 253 g/mol. The van der Waals surface area contributed by atoms with Gasteiger partial charge in [0, 0.05) is 12.1 Å². The zero-order valence-electron chi connectivity index (χ0n) is 10.2. The maximum Gasteiger partial charge on any atom is 0.228 e. The summed E-state index contributed by atoms with van der Waals surface area (Å²) in [4.78, 5) is 16.1. The number of halogens is 1. The van der Waals surface area contributed by atoms with E-state index in [-0.39, 0.29) is 17.2 Å². The van der Waals surface area contributed by atoms with Crippen LogP contribution in [0.2, 0.25) is 5.15 Å². The SMILES string of the molecule is CC1(C)CCCC1C(=O)Nc1cccnc1Cl. The lowest BCUT2D eigenvalue weighted by Crippen LogP contribution is -2.30. The molecule has 92 valence electrons. The molecule has 1 fully saturated rings. The molecular formula is C13H17ClN2O. The first-order valence-electron chi connectivity index (χ1n) is 5.92. The predicted molar refractivity (Wildman–Crippen MR) is 69.0 cm³/mol. The monoisotopic (exact) mass is 252 g/mol. The van der Waals surface area contributed by atoms with Crippen molar-refractivity contribution in [3.63, 3.8) is 0 Å². The van der Waals surface area contributed by atoms with Crippen LogP contribution in [0.15, 0.2) is 18.3 Å². The van der Waals surface area contributed by atoms with Gasteiger partial charge in [-0.25, -0.2) is 4.98 Å². The molecule has 17 heavy (non-hydrogen) atoms. The Bertz CT molecular complexity index is 431. The molecule has 0 aromatic carbocycles. The predicted octanol–water partition coefficient (Wildman–Crippen LogP) is 3.50. The Kier molecular flexibility index (Phi) is 3.38. The second-order valence-electron chi connectivity index (χ2n) is 5.26. The molecule has 1 aliphatic carbocycles. The summed E-state index contributed by atoms with van der Waals surface area (Å²) in [6.45, 7) is 4.30. The number of nitrogens with one attached hydrogen (secondary N) is 1. The molecule has 0 bridgehead atoms. The molecule has 1 aromatic heterocycles. The van der Waals surface area contributed by atoms with E-state index in [2.05, 4.69) is 24.1 Å². The van der Waals surface area contributed by atoms with E-state index in [0.717, 1.165) is 19.3 Å². The lowest BCUT2D eigenvalue weighted by atomic mass is 9.81. The maximum atomic E-state index is 12.2. The number of hydrogen-bond donors (Lipinski definition) is 1. The van der Waals surface area contributed by atoms with Crippen LogP contribution in [0.4, 0.5) is 5.69 Å². The van der Waals surface area contributed by atoms with Crippen molar-refractivity contribution in [3.8, 4) is 0 Å². The largest absolute Gasteiger partial charge is 0.323 e. The number of hydrogen-bond acceptors (Lipinski definition) is 2. The average Bonchev–Trinajstić information content (AvgIpc) is 2.61. The molecule has 0 radical (unpaired) electrons. The van der Waals surface area contributed by atoms with Gasteiger partial charge in [0.1, 0.15) is 0 Å². The number of amides is 1. The Hall–Kier alpha value is -1.09. The Labute approximate surface area is 107 Å². The molecule has 0 aliphatic heterocycles. The highest BCUT2D eigenvalue weighted by atomic mass is 35.5. The number of rotatable bonds is 2. The molecule has 1 aromatic rings. The number of aromatic nitrogens is 1. The highest BCUT2D eigenvalue weighted by Gasteiger charge is 2.39. The molecule has 1 heterocycles. The molecule has 1 aliphatic rings. The van der Waals surface area contributed by atoms with Gasteiger partial charge in [-0.3, -0.25) is 4.79 Å². The Balaban J connectivity index is 2.10. The van der Waals surface area contributed by atoms with Crippen LogP contribution in [0.25, 0.3) is 0 Å². The third-order valence-electron chi connectivity index (χ3n) is 3.59. The summed E-state index contributed by atoms with van der Waals surface area (Å²) < 4.78 is 0. The van der Waals surface area contributed by atoms with E-state index in [4.69, 9.17) is 11.6 Å². The molecule has 1 amide bonds. The van der Waals surface area contributed by atoms with Gasteiger partial charge >= 0.3 is 0 Å². The van der Waals surface area contributed by atoms with E-state index >= 15 is 0 Å². The minimum absolute atomic E-state index is 0.0578. The molecule has 1 unspecified atom stereocenters. The quantitative estimate of drug-likeness (QED) is 0.819. The summed E-state index contributed by atoms with van der Waals surface area (Å²) in [6, 6.07) is 3.54. The maximum absolute atomic E-state index is 12.2. The van der Waals surface area contributed by atoms with Gasteiger partial charge in [-0.1, -0.05) is 31.9 Å². The van der Waals surface area contributed by atoms with E-state index in [9.17, 15) is 4.79 Å². The topological polar surface area (TPSA) is 42.0 Å². The van der Waals surface area contributed by atoms with Gasteiger partial charge in [0.05, 0.1) is 5.69 Å². The fourth-order valence-electron chi connectivity index (χ4n) is 2.51. The highest BCUT2D eigenvalue weighted by Crippen LogP contribution is 2.43. The normalized spacial score (nSPS) is 22.4. The van der Waals surface area contributed by atoms with Crippen LogP contribution < -0.4 is 5.32 Å². The van der Waals surface area contributed by atoms with E-state index in [1.807, 2.05) is 0 Å². The Morgan fingerprint density at radius 3 is 2.94 bits per heavy atom. The molecule has 1 N–H and O–H groups in total. The number of pyridine rings is 1. The first-order chi connectivity index (χ1) is 8.00. The second-order valence-corrected chi connectivity index (χ2v) is 5.62. The van der Waals surface area contributed by atoms with Crippen molar-refractivity contribution in [3.05, 3.63) is 23.5 Å². The summed E-state index contributed by atoms with van der Waals surface area (Å²) in [7, 11) is 0. The van der Waals surface area contributed by atoms with Crippen molar-refractivity contribution in [2.24, 2.45) is 11.3 Å². The van der Waals surface area contributed by atoms with Crippen LogP contribution in [0, 0.1) is 11.3 Å². The van der Waals surface area contributed by atoms with Crippen molar-refractivity contribution in [1.82, 2.24) is 4.98 Å². The van der Waals surface area contributed by atoms with E-state index in [0.29, 0.717) is 10.8 Å². The van der Waals surface area contributed by atoms with Crippen LogP contribution in [0.1, 0.15) is 33.1 Å². The molecule has 0 spiro atoms. The van der Waals surface area contributed by atoms with E-state index < -0.39 is 0 Å². The van der Waals surface area contributed by atoms with E-state index in [1.54, 1.807) is 18.3 Å². The smallest absolute Gasteiger partial charge is 0.228 e. The van der Waals surface area contributed by atoms with Crippen molar-refractivity contribution in [1.29, 1.82) is 0 Å². The van der Waals surface area contributed by atoms with Crippen molar-refractivity contribution < 1.29 is 4.79 Å². The molecule has 2 rings (SSSR count). The first-order valence-corrected chi connectivity index (χ1v) is 6.30. The van der Waals surface area contributed by atoms with Gasteiger partial charge in [-0.15, -0.1) is 0 Å². The molecule has 1 saturated carbocycles. The highest BCUT2D eigenvalue weighted by molar-refractivity contribution is 6.32. The number of carbonyl (C=O) groups excluding carboxylic acids is 1. The first kappa shape index (κ1) is 12.4. The third-order valence-corrected chi connectivity index (χ3v) is 3.89. The van der Waals surface area contributed by atoms with Crippen LogP contribution >= 0.6 is 11.6 Å². The summed E-state index contributed by atoms with van der Waals surface area (Å²) in [6.07, 6.45) is 4.78. The van der Waals surface area contributed by atoms with Gasteiger partial charge in [0.2, 0.25) is 5.91 Å². The number of carbonyl (C=O) groups is 1. The minimum atomic E-state index is 0.0578. The summed E-state index contributed by atoms with van der Waals surface area (Å²) in [5, 5.41) is 3.22. The van der Waals surface area contributed by atoms with Gasteiger partial charge in [0.15, 0.2) is 5.15 Å². The molecule has 4 heteroatoms. The summed E-state index contributed by atoms with van der Waals surface area (Å²) in [5.74, 6) is 0.126. The Morgan fingerprint density at radius 2 is 2.35 bits per heavy atom. The van der Waals surface area contributed by atoms with Crippen LogP contribution in [-0.4, -0.2) is 10.9 Å². The zero-order valence-corrected chi connectivity index (χ0v) is 10.9. The lowest BCUT2D eigenvalue weighted by molar-refractivity contribution is -0.122. The number of nitrogens with zero attached hydrogens (tertiary/aromatic N) is 1. The van der Waals surface area contributed by atoms with Gasteiger partial charge in [-0.05, 0) is 30.4 Å². The van der Waals surface area contributed by atoms with Crippen molar-refractivity contribution in [2.75, 3.05) is 5.32 Å².